The van der Waals surface area contributed by atoms with Crippen LogP contribution < -0.4 is 10.2 Å². The zero-order chi connectivity index (χ0) is 16.2. The van der Waals surface area contributed by atoms with E-state index in [2.05, 4.69) is 5.32 Å². The first-order valence-electron chi connectivity index (χ1n) is 6.67. The number of likely N-dealkylation sites (N-methyl/N-ethyl adjacent to an activating group) is 3. The van der Waals surface area contributed by atoms with Crippen molar-refractivity contribution in [2.45, 2.75) is 5.54 Å². The van der Waals surface area contributed by atoms with E-state index in [9.17, 15) is 14.4 Å². The molecule has 1 aromatic carbocycles. The van der Waals surface area contributed by atoms with E-state index in [1.807, 2.05) is 6.07 Å². The molecule has 22 heavy (non-hydrogen) atoms. The van der Waals surface area contributed by atoms with E-state index in [-0.39, 0.29) is 6.54 Å². The molecule has 1 spiro atoms. The maximum absolute atomic E-state index is 12.6. The van der Waals surface area contributed by atoms with E-state index in [1.54, 1.807) is 24.1 Å². The topological polar surface area (TPSA) is 73.0 Å². The monoisotopic (exact) mass is 322 g/mol. The van der Waals surface area contributed by atoms with E-state index in [4.69, 9.17) is 11.6 Å². The second kappa shape index (κ2) is 4.61. The third-order valence-electron chi connectivity index (χ3n) is 4.11. The fourth-order valence-electron chi connectivity index (χ4n) is 2.96. The van der Waals surface area contributed by atoms with Crippen molar-refractivity contribution in [3.8, 4) is 0 Å². The summed E-state index contributed by atoms with van der Waals surface area (Å²) in [7, 11) is 4.52. The average molecular weight is 323 g/mol. The number of hydrogen-bond acceptors (Lipinski definition) is 5. The van der Waals surface area contributed by atoms with E-state index >= 15 is 0 Å². The second-order valence-electron chi connectivity index (χ2n) is 5.56. The lowest BCUT2D eigenvalue weighted by molar-refractivity contribution is -0.148. The number of urea groups is 1. The van der Waals surface area contributed by atoms with Crippen molar-refractivity contribution < 1.29 is 14.4 Å². The minimum Gasteiger partial charge on any atom is -0.369 e. The number of imide groups is 2. The maximum Gasteiger partial charge on any atom is 0.333 e. The van der Waals surface area contributed by atoms with Crippen molar-refractivity contribution in [1.29, 1.82) is 0 Å². The minimum atomic E-state index is -1.52. The summed E-state index contributed by atoms with van der Waals surface area (Å²) < 4.78 is 0. The van der Waals surface area contributed by atoms with Crippen LogP contribution in [0.2, 0.25) is 5.02 Å². The smallest absolute Gasteiger partial charge is 0.333 e. The summed E-state index contributed by atoms with van der Waals surface area (Å²) in [6.45, 7) is 0.126. The molecule has 1 saturated heterocycles. The molecular formula is C14H15ClN4O3. The van der Waals surface area contributed by atoms with Gasteiger partial charge in [0.15, 0.2) is 0 Å². The predicted molar refractivity (Wildman–Crippen MR) is 82.0 cm³/mol. The number of amides is 4. The number of halogens is 1. The van der Waals surface area contributed by atoms with Crippen molar-refractivity contribution >= 4 is 40.8 Å². The van der Waals surface area contributed by atoms with Crippen LogP contribution in [0.15, 0.2) is 18.2 Å². The summed E-state index contributed by atoms with van der Waals surface area (Å²) in [4.78, 5) is 40.9. The molecule has 0 unspecified atom stereocenters. The minimum absolute atomic E-state index is 0.126. The Kier molecular flexibility index (Phi) is 3.07. The van der Waals surface area contributed by atoms with Crippen molar-refractivity contribution in [2.75, 3.05) is 37.9 Å². The van der Waals surface area contributed by atoms with Gasteiger partial charge in [0.1, 0.15) is 0 Å². The van der Waals surface area contributed by atoms with Crippen LogP contribution in [-0.2, 0) is 9.59 Å². The molecule has 116 valence electrons. The Bertz CT molecular complexity index is 681. The normalized spacial score (nSPS) is 20.4. The third kappa shape index (κ3) is 1.78. The number of hydrogen-bond donors (Lipinski definition) is 1. The van der Waals surface area contributed by atoms with Gasteiger partial charge >= 0.3 is 6.03 Å². The van der Waals surface area contributed by atoms with Gasteiger partial charge in [-0.15, -0.1) is 0 Å². The molecule has 0 aromatic heterocycles. The van der Waals surface area contributed by atoms with Gasteiger partial charge in [0, 0.05) is 26.2 Å². The molecule has 1 N–H and O–H groups in total. The highest BCUT2D eigenvalue weighted by Gasteiger charge is 2.58. The number of rotatable bonds is 0. The Balaban J connectivity index is 2.12. The van der Waals surface area contributed by atoms with Crippen molar-refractivity contribution in [3.63, 3.8) is 0 Å². The third-order valence-corrected chi connectivity index (χ3v) is 4.34. The molecule has 2 aliphatic heterocycles. The van der Waals surface area contributed by atoms with Crippen molar-refractivity contribution in [3.05, 3.63) is 23.2 Å². The molecule has 0 radical (unpaired) electrons. The number of nitrogens with zero attached hydrogens (tertiary/aromatic N) is 3. The van der Waals surface area contributed by atoms with Gasteiger partial charge in [0.05, 0.1) is 17.9 Å². The maximum atomic E-state index is 12.6. The summed E-state index contributed by atoms with van der Waals surface area (Å²) in [5, 5.41) is 3.49. The molecule has 1 fully saturated rings. The Morgan fingerprint density at radius 3 is 2.27 bits per heavy atom. The van der Waals surface area contributed by atoms with Crippen LogP contribution in [0.5, 0.6) is 0 Å². The van der Waals surface area contributed by atoms with Crippen LogP contribution in [0.3, 0.4) is 0 Å². The summed E-state index contributed by atoms with van der Waals surface area (Å²) in [6, 6.07) is 4.57. The molecule has 7 nitrogen and oxygen atoms in total. The number of carbonyl (C=O) groups is 3. The first-order chi connectivity index (χ1) is 10.3. The molecule has 0 aliphatic carbocycles. The first-order valence-corrected chi connectivity index (χ1v) is 7.05. The van der Waals surface area contributed by atoms with Crippen LogP contribution in [0.1, 0.15) is 0 Å². The van der Waals surface area contributed by atoms with Gasteiger partial charge in [0.25, 0.3) is 11.8 Å². The highest BCUT2D eigenvalue weighted by molar-refractivity contribution is 6.31. The molecule has 3 rings (SSSR count). The first kappa shape index (κ1) is 14.6. The average Bonchev–Trinajstić information content (AvgIpc) is 2.49. The van der Waals surface area contributed by atoms with E-state index in [0.29, 0.717) is 10.7 Å². The highest BCUT2D eigenvalue weighted by atomic mass is 35.5. The Hall–Kier alpha value is -2.28. The number of benzene rings is 1. The van der Waals surface area contributed by atoms with Crippen LogP contribution in [0.4, 0.5) is 16.2 Å². The van der Waals surface area contributed by atoms with E-state index < -0.39 is 23.4 Å². The Labute approximate surface area is 132 Å². The molecule has 1 aromatic rings. The van der Waals surface area contributed by atoms with Gasteiger partial charge in [0.2, 0.25) is 5.54 Å². The summed E-state index contributed by atoms with van der Waals surface area (Å²) >= 11 is 6.00. The van der Waals surface area contributed by atoms with Gasteiger partial charge in [-0.1, -0.05) is 11.6 Å². The number of barbiturate groups is 1. The van der Waals surface area contributed by atoms with Gasteiger partial charge in [-0.3, -0.25) is 19.4 Å². The summed E-state index contributed by atoms with van der Waals surface area (Å²) in [5.41, 5.74) is -0.110. The van der Waals surface area contributed by atoms with Gasteiger partial charge < -0.3 is 10.2 Å². The van der Waals surface area contributed by atoms with Crippen LogP contribution in [-0.4, -0.2) is 60.9 Å². The van der Waals surface area contributed by atoms with Crippen LogP contribution >= 0.6 is 11.6 Å². The SMILES string of the molecule is CN1C(=O)N(C)C(=O)C2(CN(C)c3ccc(Cl)cc3N2)C1=O. The molecule has 2 aliphatic rings. The van der Waals surface area contributed by atoms with Crippen LogP contribution in [0, 0.1) is 0 Å². The Morgan fingerprint density at radius 2 is 1.68 bits per heavy atom. The summed E-state index contributed by atoms with van der Waals surface area (Å²) in [5.74, 6) is -1.14. The van der Waals surface area contributed by atoms with E-state index in [0.717, 1.165) is 15.5 Å². The largest absolute Gasteiger partial charge is 0.369 e. The highest BCUT2D eigenvalue weighted by Crippen LogP contribution is 2.38. The number of fused-ring (bicyclic) bond motifs is 1. The molecule has 0 atom stereocenters. The number of nitrogens with one attached hydrogen (secondary N) is 1. The van der Waals surface area contributed by atoms with Gasteiger partial charge in [-0.25, -0.2) is 4.79 Å². The Morgan fingerprint density at radius 1 is 1.09 bits per heavy atom. The lowest BCUT2D eigenvalue weighted by Crippen LogP contribution is -2.74. The number of anilines is 2. The van der Waals surface area contributed by atoms with Crippen molar-refractivity contribution in [1.82, 2.24) is 9.80 Å². The zero-order valence-electron chi connectivity index (χ0n) is 12.4. The predicted octanol–water partition coefficient (Wildman–Crippen LogP) is 0.991. The molecule has 4 amide bonds. The second-order valence-corrected chi connectivity index (χ2v) is 6.00. The fraction of sp³-hybridized carbons (Fsp3) is 0.357. The molecule has 8 heteroatoms. The molecular weight excluding hydrogens is 308 g/mol. The lowest BCUT2D eigenvalue weighted by Gasteiger charge is -2.47. The molecule has 0 bridgehead atoms. The molecule has 0 saturated carbocycles. The van der Waals surface area contributed by atoms with Gasteiger partial charge in [-0.2, -0.15) is 0 Å². The lowest BCUT2D eigenvalue weighted by atomic mass is 9.89. The van der Waals surface area contributed by atoms with E-state index in [1.165, 1.54) is 14.1 Å². The van der Waals surface area contributed by atoms with Gasteiger partial charge in [-0.05, 0) is 18.2 Å². The fourth-order valence-corrected chi connectivity index (χ4v) is 3.13. The number of carbonyl (C=O) groups excluding carboxylic acids is 3. The molecule has 2 heterocycles. The van der Waals surface area contributed by atoms with Crippen LogP contribution in [0.25, 0.3) is 0 Å². The van der Waals surface area contributed by atoms with Crippen molar-refractivity contribution in [2.24, 2.45) is 0 Å². The zero-order valence-corrected chi connectivity index (χ0v) is 13.1. The quantitative estimate of drug-likeness (QED) is 0.721. The standard InChI is InChI=1S/C14H15ClN4O3/c1-17-7-14(16-9-6-8(15)4-5-10(9)17)11(20)18(2)13(22)19(3)12(14)21/h4-6,16H,7H2,1-3H3. The summed E-state index contributed by atoms with van der Waals surface area (Å²) in [6.07, 6.45) is 0.